The molecule has 0 spiro atoms. The molecule has 20 heavy (non-hydrogen) atoms. The predicted octanol–water partition coefficient (Wildman–Crippen LogP) is 3.57. The minimum absolute atomic E-state index is 0.480. The Balaban J connectivity index is 1.83. The molecule has 0 N–H and O–H groups in total. The van der Waals surface area contributed by atoms with Crippen molar-refractivity contribution >= 4 is 22.6 Å². The Bertz CT molecular complexity index is 585. The summed E-state index contributed by atoms with van der Waals surface area (Å²) in [5.74, 6) is 1.47. The van der Waals surface area contributed by atoms with Crippen molar-refractivity contribution < 1.29 is 0 Å². The Kier molecular flexibility index (Phi) is 4.27. The molecule has 1 aromatic carbocycles. The van der Waals surface area contributed by atoms with Crippen molar-refractivity contribution in [3.63, 3.8) is 0 Å². The smallest absolute Gasteiger partial charge is 0.124 e. The van der Waals surface area contributed by atoms with Crippen molar-refractivity contribution in [2.75, 3.05) is 19.6 Å². The summed E-state index contributed by atoms with van der Waals surface area (Å²) in [7, 11) is 0. The molecule has 0 radical (unpaired) electrons. The van der Waals surface area contributed by atoms with Crippen LogP contribution in [0.25, 0.3) is 11.0 Å². The Morgan fingerprint density at radius 3 is 2.70 bits per heavy atom. The number of benzene rings is 1. The number of fused-ring (bicyclic) bond motifs is 1. The molecule has 0 bridgehead atoms. The molecule has 0 unspecified atom stereocenters. The summed E-state index contributed by atoms with van der Waals surface area (Å²) in [6, 6.07) is 6.43. The Hall–Kier alpha value is -1.06. The second kappa shape index (κ2) is 6.15. The predicted molar refractivity (Wildman–Crippen MR) is 84.3 cm³/mol. The van der Waals surface area contributed by atoms with Crippen LogP contribution in [-0.2, 0) is 12.4 Å². The molecule has 1 aromatic heterocycles. The number of piperidine rings is 1. The lowest BCUT2D eigenvalue weighted by Crippen LogP contribution is -2.32. The van der Waals surface area contributed by atoms with Crippen LogP contribution in [0.2, 0.25) is 0 Å². The van der Waals surface area contributed by atoms with Crippen LogP contribution in [0, 0.1) is 6.92 Å². The number of imidazole rings is 1. The van der Waals surface area contributed by atoms with E-state index in [2.05, 4.69) is 39.6 Å². The quantitative estimate of drug-likeness (QED) is 0.803. The molecular weight excluding hydrogens is 270 g/mol. The number of nitrogens with zero attached hydrogens (tertiary/aromatic N) is 3. The van der Waals surface area contributed by atoms with Crippen LogP contribution in [0.15, 0.2) is 18.2 Å². The first kappa shape index (κ1) is 13.9. The number of alkyl halides is 1. The highest BCUT2D eigenvalue weighted by atomic mass is 35.5. The zero-order chi connectivity index (χ0) is 13.9. The SMILES string of the molecule is Cc1ccc2nc(CCl)n(CCN3CCCCC3)c2c1. The number of hydrogen-bond acceptors (Lipinski definition) is 2. The first-order chi connectivity index (χ1) is 9.78. The van der Waals surface area contributed by atoms with Gasteiger partial charge >= 0.3 is 0 Å². The highest BCUT2D eigenvalue weighted by Crippen LogP contribution is 2.19. The highest BCUT2D eigenvalue weighted by Gasteiger charge is 2.13. The molecule has 0 saturated carbocycles. The molecule has 2 heterocycles. The lowest BCUT2D eigenvalue weighted by atomic mass is 10.1. The van der Waals surface area contributed by atoms with Crippen LogP contribution in [0.3, 0.4) is 0 Å². The number of likely N-dealkylation sites (tertiary alicyclic amines) is 1. The molecule has 2 aromatic rings. The van der Waals surface area contributed by atoms with Crippen molar-refractivity contribution in [2.45, 2.75) is 38.6 Å². The molecule has 1 aliphatic rings. The highest BCUT2D eigenvalue weighted by molar-refractivity contribution is 6.16. The summed E-state index contributed by atoms with van der Waals surface area (Å²) in [6.45, 7) is 6.69. The number of hydrogen-bond donors (Lipinski definition) is 0. The van der Waals surface area contributed by atoms with Gasteiger partial charge in [0, 0.05) is 13.1 Å². The molecule has 3 rings (SSSR count). The van der Waals surface area contributed by atoms with Crippen LogP contribution < -0.4 is 0 Å². The Morgan fingerprint density at radius 1 is 1.15 bits per heavy atom. The van der Waals surface area contributed by atoms with Gasteiger partial charge < -0.3 is 9.47 Å². The van der Waals surface area contributed by atoms with Crippen molar-refractivity contribution in [1.29, 1.82) is 0 Å². The number of aromatic nitrogens is 2. The van der Waals surface area contributed by atoms with Gasteiger partial charge in [0.1, 0.15) is 5.82 Å². The minimum Gasteiger partial charge on any atom is -0.326 e. The van der Waals surface area contributed by atoms with E-state index in [1.165, 1.54) is 43.4 Å². The fraction of sp³-hybridized carbons (Fsp3) is 0.562. The van der Waals surface area contributed by atoms with E-state index in [0.29, 0.717) is 5.88 Å². The van der Waals surface area contributed by atoms with Gasteiger partial charge in [-0.25, -0.2) is 4.98 Å². The molecule has 1 saturated heterocycles. The minimum atomic E-state index is 0.480. The van der Waals surface area contributed by atoms with Gasteiger partial charge in [0.2, 0.25) is 0 Å². The third-order valence-corrected chi connectivity index (χ3v) is 4.43. The molecular formula is C16H22ClN3. The maximum Gasteiger partial charge on any atom is 0.124 e. The normalized spacial score (nSPS) is 16.9. The average molecular weight is 292 g/mol. The van der Waals surface area contributed by atoms with Crippen molar-refractivity contribution in [3.8, 4) is 0 Å². The van der Waals surface area contributed by atoms with E-state index in [1.807, 2.05) is 0 Å². The van der Waals surface area contributed by atoms with E-state index in [1.54, 1.807) is 0 Å². The summed E-state index contributed by atoms with van der Waals surface area (Å²) in [6.07, 6.45) is 4.06. The van der Waals surface area contributed by atoms with Crippen molar-refractivity contribution in [3.05, 3.63) is 29.6 Å². The molecule has 0 amide bonds. The third-order valence-electron chi connectivity index (χ3n) is 4.19. The first-order valence-electron chi connectivity index (χ1n) is 7.52. The van der Waals surface area contributed by atoms with Gasteiger partial charge in [-0.15, -0.1) is 11.6 Å². The van der Waals surface area contributed by atoms with Gasteiger partial charge in [0.05, 0.1) is 16.9 Å². The molecule has 108 valence electrons. The van der Waals surface area contributed by atoms with Gasteiger partial charge in [0.15, 0.2) is 0 Å². The van der Waals surface area contributed by atoms with Gasteiger partial charge in [-0.1, -0.05) is 12.5 Å². The van der Waals surface area contributed by atoms with Crippen LogP contribution >= 0.6 is 11.6 Å². The van der Waals surface area contributed by atoms with Crippen LogP contribution in [0.1, 0.15) is 30.7 Å². The maximum absolute atomic E-state index is 6.07. The van der Waals surface area contributed by atoms with Crippen LogP contribution in [-0.4, -0.2) is 34.1 Å². The molecule has 0 atom stereocenters. The lowest BCUT2D eigenvalue weighted by molar-refractivity contribution is 0.221. The van der Waals surface area contributed by atoms with Gasteiger partial charge in [0.25, 0.3) is 0 Å². The zero-order valence-electron chi connectivity index (χ0n) is 12.1. The fourth-order valence-corrected chi connectivity index (χ4v) is 3.26. The van der Waals surface area contributed by atoms with E-state index in [9.17, 15) is 0 Å². The standard InChI is InChI=1S/C16H22ClN3/c1-13-5-6-14-15(11-13)20(16(12-17)18-14)10-9-19-7-3-2-4-8-19/h5-6,11H,2-4,7-10,12H2,1H3. The Morgan fingerprint density at radius 2 is 1.95 bits per heavy atom. The molecule has 1 aliphatic heterocycles. The van der Waals surface area contributed by atoms with Crippen LogP contribution in [0.4, 0.5) is 0 Å². The summed E-state index contributed by atoms with van der Waals surface area (Å²) in [5.41, 5.74) is 3.56. The topological polar surface area (TPSA) is 21.1 Å². The van der Waals surface area contributed by atoms with E-state index in [0.717, 1.165) is 24.4 Å². The third kappa shape index (κ3) is 2.84. The average Bonchev–Trinajstić information content (AvgIpc) is 2.83. The zero-order valence-corrected chi connectivity index (χ0v) is 12.9. The van der Waals surface area contributed by atoms with Gasteiger partial charge in [-0.05, 0) is 50.6 Å². The number of rotatable bonds is 4. The number of halogens is 1. The van der Waals surface area contributed by atoms with E-state index < -0.39 is 0 Å². The summed E-state index contributed by atoms with van der Waals surface area (Å²) in [4.78, 5) is 7.21. The first-order valence-corrected chi connectivity index (χ1v) is 8.05. The number of aryl methyl sites for hydroxylation is 1. The maximum atomic E-state index is 6.07. The fourth-order valence-electron chi connectivity index (χ4n) is 3.06. The molecule has 1 fully saturated rings. The molecule has 0 aliphatic carbocycles. The van der Waals surface area contributed by atoms with E-state index in [4.69, 9.17) is 11.6 Å². The second-order valence-electron chi connectivity index (χ2n) is 5.71. The summed E-state index contributed by atoms with van der Waals surface area (Å²) in [5, 5.41) is 0. The summed E-state index contributed by atoms with van der Waals surface area (Å²) >= 11 is 6.07. The lowest BCUT2D eigenvalue weighted by Gasteiger charge is -2.26. The second-order valence-corrected chi connectivity index (χ2v) is 5.98. The largest absolute Gasteiger partial charge is 0.326 e. The Labute approximate surface area is 125 Å². The van der Waals surface area contributed by atoms with E-state index >= 15 is 0 Å². The monoisotopic (exact) mass is 291 g/mol. The van der Waals surface area contributed by atoms with E-state index in [-0.39, 0.29) is 0 Å². The van der Waals surface area contributed by atoms with Crippen LogP contribution in [0.5, 0.6) is 0 Å². The van der Waals surface area contributed by atoms with Crippen molar-refractivity contribution in [2.24, 2.45) is 0 Å². The summed E-state index contributed by atoms with van der Waals surface area (Å²) < 4.78 is 2.30. The molecule has 4 heteroatoms. The van der Waals surface area contributed by atoms with Crippen molar-refractivity contribution in [1.82, 2.24) is 14.5 Å². The molecule has 3 nitrogen and oxygen atoms in total. The van der Waals surface area contributed by atoms with Gasteiger partial charge in [-0.2, -0.15) is 0 Å². The van der Waals surface area contributed by atoms with Gasteiger partial charge in [-0.3, -0.25) is 0 Å².